The quantitative estimate of drug-likeness (QED) is 0.822. The van der Waals surface area contributed by atoms with E-state index < -0.39 is 12.6 Å². The van der Waals surface area contributed by atoms with Gasteiger partial charge in [0.1, 0.15) is 0 Å². The number of rotatable bonds is 5. The first-order valence-electron chi connectivity index (χ1n) is 8.02. The molecular weight excluding hydrogens is 339 g/mol. The third kappa shape index (κ3) is 4.18. The SMILES string of the molecule is Cn1ncc(-c2nc(CN3CCCCC3=O)no2)c1CCC(F)(F)F. The number of aryl methyl sites for hydroxylation is 1. The van der Waals surface area contributed by atoms with Crippen LogP contribution in [-0.2, 0) is 24.8 Å². The van der Waals surface area contributed by atoms with Crippen LogP contribution in [0.2, 0.25) is 0 Å². The summed E-state index contributed by atoms with van der Waals surface area (Å²) < 4.78 is 44.0. The lowest BCUT2D eigenvalue weighted by Crippen LogP contribution is -2.34. The average Bonchev–Trinajstić information content (AvgIpc) is 3.13. The van der Waals surface area contributed by atoms with Crippen LogP contribution in [0.15, 0.2) is 10.7 Å². The molecule has 10 heteroatoms. The molecular formula is C15H18F3N5O2. The van der Waals surface area contributed by atoms with Gasteiger partial charge in [0.05, 0.1) is 24.0 Å². The lowest BCUT2D eigenvalue weighted by atomic mass is 10.1. The Balaban J connectivity index is 1.75. The maximum atomic E-state index is 12.5. The number of amides is 1. The first-order valence-corrected chi connectivity index (χ1v) is 8.02. The van der Waals surface area contributed by atoms with Crippen LogP contribution in [0.4, 0.5) is 13.2 Å². The first kappa shape index (κ1) is 17.4. The summed E-state index contributed by atoms with van der Waals surface area (Å²) in [5.41, 5.74) is 0.761. The Kier molecular flexibility index (Phi) is 4.78. The fourth-order valence-corrected chi connectivity index (χ4v) is 2.83. The second-order valence-electron chi connectivity index (χ2n) is 6.03. The minimum atomic E-state index is -4.25. The third-order valence-corrected chi connectivity index (χ3v) is 4.16. The largest absolute Gasteiger partial charge is 0.389 e. The molecule has 0 unspecified atom stereocenters. The molecule has 0 atom stereocenters. The van der Waals surface area contributed by atoms with E-state index in [4.69, 9.17) is 4.52 Å². The minimum absolute atomic E-state index is 0.0462. The van der Waals surface area contributed by atoms with Crippen LogP contribution in [0.1, 0.15) is 37.2 Å². The number of aromatic nitrogens is 4. The van der Waals surface area contributed by atoms with E-state index in [1.807, 2.05) is 0 Å². The molecule has 1 aliphatic rings. The van der Waals surface area contributed by atoms with Crippen molar-refractivity contribution in [1.29, 1.82) is 0 Å². The molecule has 1 aliphatic heterocycles. The maximum Gasteiger partial charge on any atom is 0.389 e. The highest BCUT2D eigenvalue weighted by Crippen LogP contribution is 2.27. The van der Waals surface area contributed by atoms with Crippen molar-refractivity contribution in [3.8, 4) is 11.5 Å². The molecule has 2 aromatic rings. The minimum Gasteiger partial charge on any atom is -0.335 e. The molecule has 7 nitrogen and oxygen atoms in total. The molecule has 0 aliphatic carbocycles. The summed E-state index contributed by atoms with van der Waals surface area (Å²) in [5, 5.41) is 7.83. The molecule has 3 heterocycles. The van der Waals surface area contributed by atoms with Gasteiger partial charge < -0.3 is 9.42 Å². The highest BCUT2D eigenvalue weighted by molar-refractivity contribution is 5.76. The van der Waals surface area contributed by atoms with Crippen molar-refractivity contribution in [3.05, 3.63) is 17.7 Å². The van der Waals surface area contributed by atoms with Crippen molar-refractivity contribution in [2.24, 2.45) is 7.05 Å². The number of carbonyl (C=O) groups is 1. The molecule has 1 saturated heterocycles. The Morgan fingerprint density at radius 1 is 1.32 bits per heavy atom. The van der Waals surface area contributed by atoms with Crippen LogP contribution in [0.25, 0.3) is 11.5 Å². The van der Waals surface area contributed by atoms with E-state index in [2.05, 4.69) is 15.2 Å². The Labute approximate surface area is 141 Å². The molecule has 3 rings (SSSR count). The van der Waals surface area contributed by atoms with Crippen LogP contribution < -0.4 is 0 Å². The molecule has 1 amide bonds. The van der Waals surface area contributed by atoms with Crippen LogP contribution in [0.5, 0.6) is 0 Å². The lowest BCUT2D eigenvalue weighted by molar-refractivity contribution is -0.134. The fraction of sp³-hybridized carbons (Fsp3) is 0.600. The Hall–Kier alpha value is -2.39. The summed E-state index contributed by atoms with van der Waals surface area (Å²) in [7, 11) is 1.57. The predicted molar refractivity (Wildman–Crippen MR) is 80.1 cm³/mol. The molecule has 1 fully saturated rings. The van der Waals surface area contributed by atoms with Crippen LogP contribution >= 0.6 is 0 Å². The van der Waals surface area contributed by atoms with Gasteiger partial charge in [-0.2, -0.15) is 23.3 Å². The second kappa shape index (κ2) is 6.85. The van der Waals surface area contributed by atoms with E-state index in [0.717, 1.165) is 12.8 Å². The van der Waals surface area contributed by atoms with Crippen LogP contribution in [-0.4, -0.2) is 43.4 Å². The van der Waals surface area contributed by atoms with Crippen molar-refractivity contribution < 1.29 is 22.5 Å². The monoisotopic (exact) mass is 357 g/mol. The van der Waals surface area contributed by atoms with Crippen molar-refractivity contribution >= 4 is 5.91 Å². The van der Waals surface area contributed by atoms with Gasteiger partial charge >= 0.3 is 6.18 Å². The third-order valence-electron chi connectivity index (χ3n) is 4.16. The van der Waals surface area contributed by atoms with Gasteiger partial charge in [-0.25, -0.2) is 0 Å². The summed E-state index contributed by atoms with van der Waals surface area (Å²) >= 11 is 0. The van der Waals surface area contributed by atoms with Crippen molar-refractivity contribution in [2.45, 2.75) is 44.8 Å². The predicted octanol–water partition coefficient (Wildman–Crippen LogP) is 2.48. The number of piperidine rings is 1. The highest BCUT2D eigenvalue weighted by atomic mass is 19.4. The zero-order chi connectivity index (χ0) is 18.0. The Morgan fingerprint density at radius 3 is 2.84 bits per heavy atom. The van der Waals surface area contributed by atoms with E-state index in [0.29, 0.717) is 30.0 Å². The molecule has 0 bridgehead atoms. The average molecular weight is 357 g/mol. The van der Waals surface area contributed by atoms with E-state index in [1.54, 1.807) is 11.9 Å². The first-order chi connectivity index (χ1) is 11.8. The van der Waals surface area contributed by atoms with Gasteiger partial charge in [0.15, 0.2) is 5.82 Å². The van der Waals surface area contributed by atoms with Gasteiger partial charge in [0, 0.05) is 26.4 Å². The van der Waals surface area contributed by atoms with Gasteiger partial charge in [0.25, 0.3) is 5.89 Å². The van der Waals surface area contributed by atoms with Crippen molar-refractivity contribution in [2.75, 3.05) is 6.54 Å². The van der Waals surface area contributed by atoms with Crippen molar-refractivity contribution in [3.63, 3.8) is 0 Å². The molecule has 0 aromatic carbocycles. The standard InChI is InChI=1S/C15H18F3N5O2/c1-22-11(5-6-15(16,17)18)10(8-19-22)14-20-12(21-25-14)9-23-7-3-2-4-13(23)24/h8H,2-7,9H2,1H3. The van der Waals surface area contributed by atoms with Gasteiger partial charge in [-0.1, -0.05) is 5.16 Å². The molecule has 136 valence electrons. The molecule has 0 radical (unpaired) electrons. The molecule has 0 saturated carbocycles. The number of hydrogen-bond acceptors (Lipinski definition) is 5. The summed E-state index contributed by atoms with van der Waals surface area (Å²) in [6.45, 7) is 0.882. The molecule has 0 spiro atoms. The van der Waals surface area contributed by atoms with Crippen LogP contribution in [0, 0.1) is 0 Å². The number of hydrogen-bond donors (Lipinski definition) is 0. The fourth-order valence-electron chi connectivity index (χ4n) is 2.83. The topological polar surface area (TPSA) is 77.1 Å². The summed E-state index contributed by atoms with van der Waals surface area (Å²) in [6.07, 6.45) is -1.70. The van der Waals surface area contributed by atoms with Gasteiger partial charge in [0.2, 0.25) is 5.91 Å². The second-order valence-corrected chi connectivity index (χ2v) is 6.03. The number of halogens is 3. The molecule has 0 N–H and O–H groups in total. The normalized spacial score (nSPS) is 15.8. The molecule has 25 heavy (non-hydrogen) atoms. The Bertz CT molecular complexity index is 753. The summed E-state index contributed by atoms with van der Waals surface area (Å²) in [5.74, 6) is 0.491. The maximum absolute atomic E-state index is 12.5. The zero-order valence-corrected chi connectivity index (χ0v) is 13.7. The smallest absolute Gasteiger partial charge is 0.335 e. The number of alkyl halides is 3. The van der Waals surface area contributed by atoms with Gasteiger partial charge in [-0.05, 0) is 19.3 Å². The van der Waals surface area contributed by atoms with Gasteiger partial charge in [-0.15, -0.1) is 0 Å². The Morgan fingerprint density at radius 2 is 2.12 bits per heavy atom. The summed E-state index contributed by atoms with van der Waals surface area (Å²) in [4.78, 5) is 17.7. The number of likely N-dealkylation sites (tertiary alicyclic amines) is 1. The van der Waals surface area contributed by atoms with Crippen molar-refractivity contribution in [1.82, 2.24) is 24.8 Å². The van der Waals surface area contributed by atoms with E-state index in [-0.39, 0.29) is 24.8 Å². The highest BCUT2D eigenvalue weighted by Gasteiger charge is 2.29. The van der Waals surface area contributed by atoms with E-state index in [1.165, 1.54) is 10.9 Å². The van der Waals surface area contributed by atoms with Crippen LogP contribution in [0.3, 0.4) is 0 Å². The van der Waals surface area contributed by atoms with E-state index >= 15 is 0 Å². The number of carbonyl (C=O) groups excluding carboxylic acids is 1. The van der Waals surface area contributed by atoms with E-state index in [9.17, 15) is 18.0 Å². The molecule has 2 aromatic heterocycles. The number of nitrogens with zero attached hydrogens (tertiary/aromatic N) is 5. The van der Waals surface area contributed by atoms with Gasteiger partial charge in [-0.3, -0.25) is 9.48 Å². The zero-order valence-electron chi connectivity index (χ0n) is 13.7. The summed E-state index contributed by atoms with van der Waals surface area (Å²) in [6, 6.07) is 0. The lowest BCUT2D eigenvalue weighted by Gasteiger charge is -2.25.